The fraction of sp³-hybridized carbons (Fsp3) is 0.538. The van der Waals surface area contributed by atoms with E-state index in [1.54, 1.807) is 18.2 Å². The number of halogens is 3. The summed E-state index contributed by atoms with van der Waals surface area (Å²) in [5, 5.41) is 9.05. The Hall–Kier alpha value is -3.57. The SMILES string of the molecule is CCc1nocc1C(=O)NC(c1nc2cc(CN3CC(C(F)(F)F)NC3=O)ccc2o1)C(C1CC1)C1CC1. The van der Waals surface area contributed by atoms with Crippen molar-refractivity contribution in [3.63, 3.8) is 0 Å². The molecule has 2 unspecified atom stereocenters. The summed E-state index contributed by atoms with van der Waals surface area (Å²) < 4.78 is 50.3. The molecule has 2 aliphatic carbocycles. The van der Waals surface area contributed by atoms with E-state index in [9.17, 15) is 22.8 Å². The maximum absolute atomic E-state index is 13.2. The van der Waals surface area contributed by atoms with Crippen molar-refractivity contribution in [1.82, 2.24) is 25.7 Å². The highest BCUT2D eigenvalue weighted by Crippen LogP contribution is 2.54. The lowest BCUT2D eigenvalue weighted by atomic mass is 9.89. The Morgan fingerprint density at radius 3 is 2.61 bits per heavy atom. The monoisotopic (exact) mass is 531 g/mol. The second kappa shape index (κ2) is 9.32. The summed E-state index contributed by atoms with van der Waals surface area (Å²) in [7, 11) is 0. The van der Waals surface area contributed by atoms with Crippen molar-refractivity contribution in [2.75, 3.05) is 6.54 Å². The van der Waals surface area contributed by atoms with Crippen LogP contribution in [0.15, 0.2) is 33.4 Å². The number of alkyl halides is 3. The van der Waals surface area contributed by atoms with E-state index in [2.05, 4.69) is 10.5 Å². The standard InChI is InChI=1S/C26H28F3N5O4/c1-2-17-16(12-37-33-17)23(35)32-22(21(14-4-5-14)15-6-7-15)24-30-18-9-13(3-8-19(18)38-24)10-34-11-20(26(27,28)29)31-25(34)36/h3,8-9,12,14-15,20-22H,2,4-7,10-11H2,1H3,(H,31,36)(H,32,35). The zero-order chi connectivity index (χ0) is 26.6. The van der Waals surface area contributed by atoms with Crippen LogP contribution in [-0.2, 0) is 13.0 Å². The average Bonchev–Trinajstić information content (AvgIpc) is 3.76. The molecule has 3 fully saturated rings. The molecule has 0 radical (unpaired) electrons. The smallest absolute Gasteiger partial charge is 0.410 e. The van der Waals surface area contributed by atoms with Crippen molar-refractivity contribution in [3.05, 3.63) is 47.2 Å². The van der Waals surface area contributed by atoms with Crippen LogP contribution >= 0.6 is 0 Å². The van der Waals surface area contributed by atoms with Gasteiger partial charge >= 0.3 is 12.2 Å². The quantitative estimate of drug-likeness (QED) is 0.412. The van der Waals surface area contributed by atoms with Gasteiger partial charge in [0, 0.05) is 6.54 Å². The number of hydrogen-bond donors (Lipinski definition) is 2. The summed E-state index contributed by atoms with van der Waals surface area (Å²) in [5.41, 5.74) is 2.63. The summed E-state index contributed by atoms with van der Waals surface area (Å²) in [6, 6.07) is 2.05. The third kappa shape index (κ3) is 4.83. The van der Waals surface area contributed by atoms with E-state index < -0.39 is 30.8 Å². The molecule has 2 atom stereocenters. The van der Waals surface area contributed by atoms with E-state index in [4.69, 9.17) is 13.9 Å². The van der Waals surface area contributed by atoms with Crippen molar-refractivity contribution < 1.29 is 31.7 Å². The molecule has 1 aliphatic heterocycles. The molecular weight excluding hydrogens is 503 g/mol. The minimum absolute atomic E-state index is 0.0107. The number of fused-ring (bicyclic) bond motifs is 1. The third-order valence-corrected chi connectivity index (χ3v) is 7.72. The summed E-state index contributed by atoms with van der Waals surface area (Å²) in [6.45, 7) is 1.46. The molecule has 9 nitrogen and oxygen atoms in total. The minimum atomic E-state index is -4.50. The number of carbonyl (C=O) groups excluding carboxylic acids is 2. The van der Waals surface area contributed by atoms with Crippen LogP contribution in [-0.4, -0.2) is 45.7 Å². The first-order valence-corrected chi connectivity index (χ1v) is 13.0. The maximum atomic E-state index is 13.2. The average molecular weight is 532 g/mol. The van der Waals surface area contributed by atoms with E-state index in [1.165, 1.54) is 6.26 Å². The molecule has 1 aromatic carbocycles. The second-order valence-corrected chi connectivity index (χ2v) is 10.5. The number of oxazole rings is 1. The normalized spacial score (nSPS) is 20.8. The van der Waals surface area contributed by atoms with Crippen molar-refractivity contribution in [1.29, 1.82) is 0 Å². The number of amides is 3. The zero-order valence-electron chi connectivity index (χ0n) is 20.8. The Labute approximate surface area is 216 Å². The van der Waals surface area contributed by atoms with Gasteiger partial charge in [-0.3, -0.25) is 4.79 Å². The van der Waals surface area contributed by atoms with Gasteiger partial charge < -0.3 is 24.5 Å². The van der Waals surface area contributed by atoms with Crippen molar-refractivity contribution >= 4 is 23.0 Å². The first-order chi connectivity index (χ1) is 18.2. The minimum Gasteiger partial charge on any atom is -0.438 e. The van der Waals surface area contributed by atoms with Crippen LogP contribution in [0, 0.1) is 17.8 Å². The van der Waals surface area contributed by atoms with Gasteiger partial charge in [0.1, 0.15) is 29.4 Å². The molecule has 2 N–H and O–H groups in total. The molecule has 6 rings (SSSR count). The lowest BCUT2D eigenvalue weighted by molar-refractivity contribution is -0.149. The summed E-state index contributed by atoms with van der Waals surface area (Å²) in [4.78, 5) is 31.2. The number of nitrogens with zero attached hydrogens (tertiary/aromatic N) is 3. The number of nitrogens with one attached hydrogen (secondary N) is 2. The fourth-order valence-electron chi connectivity index (χ4n) is 5.49. The number of aryl methyl sites for hydroxylation is 1. The number of rotatable bonds is 9. The molecule has 2 saturated carbocycles. The molecule has 202 valence electrons. The molecule has 3 amide bonds. The highest BCUT2D eigenvalue weighted by Gasteiger charge is 2.49. The van der Waals surface area contributed by atoms with Crippen molar-refractivity contribution in [3.8, 4) is 0 Å². The summed E-state index contributed by atoms with van der Waals surface area (Å²) >= 11 is 0. The van der Waals surface area contributed by atoms with E-state index in [0.29, 0.717) is 52.1 Å². The van der Waals surface area contributed by atoms with E-state index in [-0.39, 0.29) is 18.4 Å². The van der Waals surface area contributed by atoms with Gasteiger partial charge in [0.15, 0.2) is 5.58 Å². The number of aromatic nitrogens is 2. The number of carbonyl (C=O) groups is 2. The molecule has 3 aromatic rings. The van der Waals surface area contributed by atoms with Gasteiger partial charge in [-0.15, -0.1) is 0 Å². The van der Waals surface area contributed by atoms with Gasteiger partial charge in [-0.2, -0.15) is 13.2 Å². The van der Waals surface area contributed by atoms with Crippen LogP contribution in [0.25, 0.3) is 11.1 Å². The summed E-state index contributed by atoms with van der Waals surface area (Å²) in [5.74, 6) is 1.29. The van der Waals surface area contributed by atoms with Crippen LogP contribution in [0.2, 0.25) is 0 Å². The van der Waals surface area contributed by atoms with Crippen LogP contribution in [0.3, 0.4) is 0 Å². The molecule has 0 spiro atoms. The number of benzene rings is 1. The van der Waals surface area contributed by atoms with Crippen molar-refractivity contribution in [2.24, 2.45) is 17.8 Å². The summed E-state index contributed by atoms with van der Waals surface area (Å²) in [6.07, 6.45) is 1.81. The van der Waals surface area contributed by atoms with Crippen molar-refractivity contribution in [2.45, 2.75) is 63.8 Å². The third-order valence-electron chi connectivity index (χ3n) is 7.72. The second-order valence-electron chi connectivity index (χ2n) is 10.5. The zero-order valence-corrected chi connectivity index (χ0v) is 20.8. The highest BCUT2D eigenvalue weighted by molar-refractivity contribution is 5.95. The Balaban J connectivity index is 1.26. The molecule has 0 bridgehead atoms. The predicted molar refractivity (Wildman–Crippen MR) is 128 cm³/mol. The van der Waals surface area contributed by atoms with Crippen LogP contribution in [0.1, 0.15) is 66.2 Å². The molecule has 12 heteroatoms. The van der Waals surface area contributed by atoms with E-state index in [0.717, 1.165) is 30.6 Å². The Morgan fingerprint density at radius 1 is 1.24 bits per heavy atom. The molecule has 3 aliphatic rings. The lowest BCUT2D eigenvalue weighted by Crippen LogP contribution is -2.40. The molecule has 3 heterocycles. The Morgan fingerprint density at radius 2 is 1.97 bits per heavy atom. The van der Waals surface area contributed by atoms with Crippen LogP contribution < -0.4 is 10.6 Å². The van der Waals surface area contributed by atoms with E-state index in [1.807, 2.05) is 12.2 Å². The van der Waals surface area contributed by atoms with Gasteiger partial charge in [-0.05, 0) is 67.6 Å². The Kier molecular flexibility index (Phi) is 6.07. The van der Waals surface area contributed by atoms with Crippen LogP contribution in [0.4, 0.5) is 18.0 Å². The lowest BCUT2D eigenvalue weighted by Gasteiger charge is -2.25. The number of hydrogen-bond acceptors (Lipinski definition) is 6. The van der Waals surface area contributed by atoms with E-state index >= 15 is 0 Å². The molecular formula is C26H28F3N5O4. The Bertz CT molecular complexity index is 1350. The largest absolute Gasteiger partial charge is 0.438 e. The number of urea groups is 1. The first kappa shape index (κ1) is 24.7. The first-order valence-electron chi connectivity index (χ1n) is 13.0. The van der Waals surface area contributed by atoms with Crippen LogP contribution in [0.5, 0.6) is 0 Å². The van der Waals surface area contributed by atoms with Gasteiger partial charge in [0.2, 0.25) is 5.89 Å². The van der Waals surface area contributed by atoms with Gasteiger partial charge in [0.05, 0.1) is 12.2 Å². The van der Waals surface area contributed by atoms with Gasteiger partial charge in [0.25, 0.3) is 5.91 Å². The molecule has 1 saturated heterocycles. The molecule has 38 heavy (non-hydrogen) atoms. The highest BCUT2D eigenvalue weighted by atomic mass is 19.4. The predicted octanol–water partition coefficient (Wildman–Crippen LogP) is 4.74. The fourth-order valence-corrected chi connectivity index (χ4v) is 5.49. The van der Waals surface area contributed by atoms with Gasteiger partial charge in [-0.1, -0.05) is 18.1 Å². The molecule has 2 aromatic heterocycles. The topological polar surface area (TPSA) is 114 Å². The van der Waals surface area contributed by atoms with Gasteiger partial charge in [-0.25, -0.2) is 9.78 Å². The maximum Gasteiger partial charge on any atom is 0.410 e.